The van der Waals surface area contributed by atoms with E-state index in [0.717, 1.165) is 12.0 Å². The second kappa shape index (κ2) is 5.96. The van der Waals surface area contributed by atoms with Gasteiger partial charge in [0.1, 0.15) is 5.82 Å². The van der Waals surface area contributed by atoms with Crippen LogP contribution in [-0.2, 0) is 11.8 Å². The molecule has 2 unspecified atom stereocenters. The maximum absolute atomic E-state index is 13.3. The predicted molar refractivity (Wildman–Crippen MR) is 88.1 cm³/mol. The monoisotopic (exact) mass is 335 g/mol. The number of nitrogens with zero attached hydrogens (tertiary/aromatic N) is 3. The van der Waals surface area contributed by atoms with E-state index >= 15 is 0 Å². The second-order valence-electron chi connectivity index (χ2n) is 6.29. The summed E-state index contributed by atoms with van der Waals surface area (Å²) in [5.41, 5.74) is 1.64. The largest absolute Gasteiger partial charge is 0.308 e. The van der Waals surface area contributed by atoms with E-state index in [-0.39, 0.29) is 28.8 Å². The molecule has 6 heteroatoms. The summed E-state index contributed by atoms with van der Waals surface area (Å²) < 4.78 is 15.0. The van der Waals surface area contributed by atoms with Gasteiger partial charge in [0, 0.05) is 25.2 Å². The van der Waals surface area contributed by atoms with Gasteiger partial charge < -0.3 is 4.90 Å². The number of rotatable bonds is 4. The molecule has 1 saturated carbocycles. The normalized spacial score (nSPS) is 19.9. The number of aryl methyl sites for hydroxylation is 1. The van der Waals surface area contributed by atoms with E-state index in [0.29, 0.717) is 5.69 Å². The molecule has 122 valence electrons. The first-order chi connectivity index (χ1) is 10.9. The summed E-state index contributed by atoms with van der Waals surface area (Å²) in [4.78, 5) is 14.6. The standard InChI is InChI=1S/C17H19ClFN3O/c1-10(2)22(16-5-4-12(19)6-15(16)18)17(23)14-7-13(14)11-8-20-21(3)9-11/h4-6,8-10,13-14H,7H2,1-3H3. The Morgan fingerprint density at radius 3 is 2.78 bits per heavy atom. The lowest BCUT2D eigenvalue weighted by molar-refractivity contribution is -0.120. The molecule has 0 spiro atoms. The van der Waals surface area contributed by atoms with Crippen LogP contribution < -0.4 is 4.90 Å². The summed E-state index contributed by atoms with van der Waals surface area (Å²) in [6, 6.07) is 4.08. The average molecular weight is 336 g/mol. The molecule has 2 aromatic rings. The van der Waals surface area contributed by atoms with Crippen molar-refractivity contribution >= 4 is 23.2 Å². The van der Waals surface area contributed by atoms with Crippen molar-refractivity contribution in [2.45, 2.75) is 32.2 Å². The van der Waals surface area contributed by atoms with E-state index in [1.165, 1.54) is 12.1 Å². The van der Waals surface area contributed by atoms with Crippen LogP contribution in [0.3, 0.4) is 0 Å². The number of anilines is 1. The summed E-state index contributed by atoms with van der Waals surface area (Å²) in [7, 11) is 1.86. The van der Waals surface area contributed by atoms with Crippen LogP contribution in [0.5, 0.6) is 0 Å². The molecule has 1 aliphatic carbocycles. The first-order valence-electron chi connectivity index (χ1n) is 7.65. The number of halogens is 2. The Balaban J connectivity index is 1.83. The lowest BCUT2D eigenvalue weighted by Gasteiger charge is -2.28. The molecule has 4 nitrogen and oxygen atoms in total. The van der Waals surface area contributed by atoms with Gasteiger partial charge in [-0.05, 0) is 49.9 Å². The van der Waals surface area contributed by atoms with Crippen LogP contribution in [0.25, 0.3) is 0 Å². The quantitative estimate of drug-likeness (QED) is 0.853. The molecule has 1 aliphatic rings. The first kappa shape index (κ1) is 16.0. The van der Waals surface area contributed by atoms with E-state index < -0.39 is 5.82 Å². The van der Waals surface area contributed by atoms with Crippen LogP contribution in [0.2, 0.25) is 5.02 Å². The molecule has 2 atom stereocenters. The molecule has 1 fully saturated rings. The van der Waals surface area contributed by atoms with Gasteiger partial charge in [-0.15, -0.1) is 0 Å². The Kier molecular flexibility index (Phi) is 4.15. The number of carbonyl (C=O) groups excluding carboxylic acids is 1. The zero-order valence-corrected chi connectivity index (χ0v) is 14.1. The fourth-order valence-corrected chi connectivity index (χ4v) is 3.23. The number of hydrogen-bond donors (Lipinski definition) is 0. The average Bonchev–Trinajstić information content (AvgIpc) is 3.16. The number of hydrogen-bond acceptors (Lipinski definition) is 2. The molecule has 0 N–H and O–H groups in total. The van der Waals surface area contributed by atoms with E-state index in [1.807, 2.05) is 33.3 Å². The molecule has 0 saturated heterocycles. The van der Waals surface area contributed by atoms with E-state index in [2.05, 4.69) is 5.10 Å². The van der Waals surface area contributed by atoms with Crippen molar-refractivity contribution in [2.24, 2.45) is 13.0 Å². The van der Waals surface area contributed by atoms with Gasteiger partial charge in [-0.2, -0.15) is 5.10 Å². The van der Waals surface area contributed by atoms with Crippen molar-refractivity contribution < 1.29 is 9.18 Å². The molecule has 1 amide bonds. The summed E-state index contributed by atoms with van der Waals surface area (Å²) in [6.07, 6.45) is 4.57. The van der Waals surface area contributed by atoms with Gasteiger partial charge in [0.2, 0.25) is 5.91 Å². The summed E-state index contributed by atoms with van der Waals surface area (Å²) in [5.74, 6) is -0.240. The minimum atomic E-state index is -0.408. The van der Waals surface area contributed by atoms with Crippen LogP contribution in [0.15, 0.2) is 30.6 Å². The van der Waals surface area contributed by atoms with Crippen LogP contribution in [0, 0.1) is 11.7 Å². The van der Waals surface area contributed by atoms with E-state index in [9.17, 15) is 9.18 Å². The van der Waals surface area contributed by atoms with Crippen LogP contribution in [-0.4, -0.2) is 21.7 Å². The highest BCUT2D eigenvalue weighted by molar-refractivity contribution is 6.33. The maximum Gasteiger partial charge on any atom is 0.231 e. The van der Waals surface area contributed by atoms with Crippen molar-refractivity contribution in [1.82, 2.24) is 9.78 Å². The van der Waals surface area contributed by atoms with Gasteiger partial charge in [0.25, 0.3) is 0 Å². The molecule has 23 heavy (non-hydrogen) atoms. The molecular formula is C17H19ClFN3O. The van der Waals surface area contributed by atoms with Crippen LogP contribution in [0.1, 0.15) is 31.7 Å². The van der Waals surface area contributed by atoms with Gasteiger partial charge >= 0.3 is 0 Å². The smallest absolute Gasteiger partial charge is 0.231 e. The third kappa shape index (κ3) is 3.11. The zero-order valence-electron chi connectivity index (χ0n) is 13.3. The Morgan fingerprint density at radius 1 is 1.48 bits per heavy atom. The van der Waals surface area contributed by atoms with Crippen molar-refractivity contribution in [2.75, 3.05) is 4.90 Å². The number of amides is 1. The molecule has 0 radical (unpaired) electrons. The van der Waals surface area contributed by atoms with E-state index in [4.69, 9.17) is 11.6 Å². The Labute approximate surface area is 139 Å². The van der Waals surface area contributed by atoms with Crippen molar-refractivity contribution in [3.05, 3.63) is 47.0 Å². The highest BCUT2D eigenvalue weighted by Crippen LogP contribution is 2.49. The summed E-state index contributed by atoms with van der Waals surface area (Å²) in [6.45, 7) is 3.86. The number of carbonyl (C=O) groups is 1. The van der Waals surface area contributed by atoms with Crippen molar-refractivity contribution in [3.63, 3.8) is 0 Å². The summed E-state index contributed by atoms with van der Waals surface area (Å²) in [5, 5.41) is 4.42. The zero-order chi connectivity index (χ0) is 16.7. The SMILES string of the molecule is CC(C)N(C(=O)C1CC1c1cnn(C)c1)c1ccc(F)cc1Cl. The van der Waals surface area contributed by atoms with Gasteiger partial charge in [-0.1, -0.05) is 11.6 Å². The lowest BCUT2D eigenvalue weighted by atomic mass is 10.1. The maximum atomic E-state index is 13.3. The van der Waals surface area contributed by atoms with Crippen LogP contribution >= 0.6 is 11.6 Å². The molecule has 0 bridgehead atoms. The third-order valence-electron chi connectivity index (χ3n) is 4.18. The fourth-order valence-electron chi connectivity index (χ4n) is 2.97. The lowest BCUT2D eigenvalue weighted by Crippen LogP contribution is -2.38. The van der Waals surface area contributed by atoms with Crippen LogP contribution in [0.4, 0.5) is 10.1 Å². The topological polar surface area (TPSA) is 38.1 Å². The second-order valence-corrected chi connectivity index (χ2v) is 6.70. The summed E-state index contributed by atoms with van der Waals surface area (Å²) >= 11 is 6.15. The minimum Gasteiger partial charge on any atom is -0.308 e. The van der Waals surface area contributed by atoms with Gasteiger partial charge in [0.15, 0.2) is 0 Å². The minimum absolute atomic E-state index is 0.0300. The highest BCUT2D eigenvalue weighted by atomic mass is 35.5. The molecule has 1 aromatic carbocycles. The number of benzene rings is 1. The van der Waals surface area contributed by atoms with Crippen molar-refractivity contribution in [1.29, 1.82) is 0 Å². The van der Waals surface area contributed by atoms with Gasteiger partial charge in [-0.25, -0.2) is 4.39 Å². The molecule has 0 aliphatic heterocycles. The van der Waals surface area contributed by atoms with Gasteiger partial charge in [-0.3, -0.25) is 9.48 Å². The Morgan fingerprint density at radius 2 is 2.22 bits per heavy atom. The molecule has 1 aromatic heterocycles. The highest BCUT2D eigenvalue weighted by Gasteiger charge is 2.47. The van der Waals surface area contributed by atoms with Crippen molar-refractivity contribution in [3.8, 4) is 0 Å². The third-order valence-corrected chi connectivity index (χ3v) is 4.49. The fraction of sp³-hybridized carbons (Fsp3) is 0.412. The van der Waals surface area contributed by atoms with Gasteiger partial charge in [0.05, 0.1) is 16.9 Å². The molecule has 1 heterocycles. The molecular weight excluding hydrogens is 317 g/mol. The predicted octanol–water partition coefficient (Wildman–Crippen LogP) is 3.76. The first-order valence-corrected chi connectivity index (χ1v) is 8.03. The Bertz CT molecular complexity index is 743. The molecule has 3 rings (SSSR count). The Hall–Kier alpha value is -1.88. The number of aromatic nitrogens is 2. The van der Waals surface area contributed by atoms with E-state index in [1.54, 1.807) is 15.6 Å².